The molecule has 0 bridgehead atoms. The van der Waals surface area contributed by atoms with Crippen LogP contribution in [0.25, 0.3) is 0 Å². The summed E-state index contributed by atoms with van der Waals surface area (Å²) in [5, 5.41) is 0. The minimum Gasteiger partial charge on any atom is -0.455 e. The zero-order valence-electron chi connectivity index (χ0n) is 18.1. The highest BCUT2D eigenvalue weighted by molar-refractivity contribution is 5.77. The van der Waals surface area contributed by atoms with Crippen molar-refractivity contribution < 1.29 is 28.5 Å². The molecule has 2 fully saturated rings. The molecule has 6 nitrogen and oxygen atoms in total. The van der Waals surface area contributed by atoms with E-state index in [0.29, 0.717) is 6.61 Å². The molecule has 5 rings (SSSR count). The molecule has 0 amide bonds. The van der Waals surface area contributed by atoms with E-state index in [9.17, 15) is 4.79 Å². The van der Waals surface area contributed by atoms with E-state index in [4.69, 9.17) is 23.7 Å². The second-order valence-corrected chi connectivity index (χ2v) is 8.13. The molecular weight excluding hydrogens is 420 g/mol. The minimum absolute atomic E-state index is 0.229. The number of benzene rings is 3. The predicted molar refractivity (Wildman–Crippen MR) is 120 cm³/mol. The third-order valence-corrected chi connectivity index (χ3v) is 5.81. The van der Waals surface area contributed by atoms with Gasteiger partial charge in [-0.1, -0.05) is 91.0 Å². The molecule has 6 heteroatoms. The molecule has 0 aliphatic carbocycles. The van der Waals surface area contributed by atoms with Gasteiger partial charge in [-0.3, -0.25) is 0 Å². The Morgan fingerprint density at radius 1 is 0.758 bits per heavy atom. The molecule has 5 atom stereocenters. The van der Waals surface area contributed by atoms with Crippen molar-refractivity contribution in [1.29, 1.82) is 0 Å². The Morgan fingerprint density at radius 2 is 1.33 bits per heavy atom. The van der Waals surface area contributed by atoms with Crippen molar-refractivity contribution in [3.05, 3.63) is 108 Å². The number of hydrogen-bond donors (Lipinski definition) is 0. The van der Waals surface area contributed by atoms with Crippen LogP contribution in [0.2, 0.25) is 0 Å². The second kappa shape index (κ2) is 10.3. The summed E-state index contributed by atoms with van der Waals surface area (Å²) >= 11 is 0. The van der Waals surface area contributed by atoms with Crippen molar-refractivity contribution in [1.82, 2.24) is 0 Å². The van der Waals surface area contributed by atoms with Gasteiger partial charge < -0.3 is 23.7 Å². The quantitative estimate of drug-likeness (QED) is 0.507. The van der Waals surface area contributed by atoms with E-state index in [1.54, 1.807) is 0 Å². The summed E-state index contributed by atoms with van der Waals surface area (Å²) in [5.74, 6) is -0.462. The fourth-order valence-corrected chi connectivity index (χ4v) is 4.12. The Bertz CT molecular complexity index is 1030. The van der Waals surface area contributed by atoms with Crippen LogP contribution in [-0.2, 0) is 41.7 Å². The number of rotatable bonds is 7. The van der Waals surface area contributed by atoms with Gasteiger partial charge in [0.25, 0.3) is 0 Å². The standard InChI is InChI=1S/C27H26O6/c28-26-25(30-17-20-12-6-2-7-13-20)24(29-16-19-10-4-1-5-11-19)23-22(32-26)18-31-27(33-23)21-14-8-3-9-15-21/h1-15,22-25,27H,16-18H2/t22-,23+,24+,25-,27+/m1/s1. The van der Waals surface area contributed by atoms with Gasteiger partial charge >= 0.3 is 5.97 Å². The van der Waals surface area contributed by atoms with Crippen molar-refractivity contribution >= 4 is 5.97 Å². The molecule has 0 radical (unpaired) electrons. The highest BCUT2D eigenvalue weighted by Crippen LogP contribution is 2.35. The molecule has 0 unspecified atom stereocenters. The summed E-state index contributed by atoms with van der Waals surface area (Å²) in [6, 6.07) is 29.2. The maximum atomic E-state index is 12.9. The van der Waals surface area contributed by atoms with Crippen molar-refractivity contribution in [2.24, 2.45) is 0 Å². The topological polar surface area (TPSA) is 63.2 Å². The van der Waals surface area contributed by atoms with E-state index in [1.807, 2.05) is 91.0 Å². The molecule has 2 aliphatic heterocycles. The van der Waals surface area contributed by atoms with Gasteiger partial charge in [0.05, 0.1) is 19.8 Å². The van der Waals surface area contributed by atoms with Crippen LogP contribution in [0.3, 0.4) is 0 Å². The zero-order valence-corrected chi connectivity index (χ0v) is 18.1. The van der Waals surface area contributed by atoms with E-state index in [1.165, 1.54) is 0 Å². The number of hydrogen-bond acceptors (Lipinski definition) is 6. The van der Waals surface area contributed by atoms with E-state index in [2.05, 4.69) is 0 Å². The van der Waals surface area contributed by atoms with Crippen molar-refractivity contribution in [2.75, 3.05) is 6.61 Å². The number of esters is 1. The average Bonchev–Trinajstić information content (AvgIpc) is 2.88. The maximum Gasteiger partial charge on any atom is 0.338 e. The van der Waals surface area contributed by atoms with Gasteiger partial charge in [-0.25, -0.2) is 4.79 Å². The fourth-order valence-electron chi connectivity index (χ4n) is 4.12. The van der Waals surface area contributed by atoms with Crippen molar-refractivity contribution in [3.8, 4) is 0 Å². The molecule has 0 saturated carbocycles. The zero-order chi connectivity index (χ0) is 22.5. The molecule has 0 spiro atoms. The summed E-state index contributed by atoms with van der Waals surface area (Å²) in [5.41, 5.74) is 2.86. The van der Waals surface area contributed by atoms with Crippen molar-refractivity contribution in [3.63, 3.8) is 0 Å². The SMILES string of the molecule is O=C1O[C@@H]2CO[C@H](c3ccccc3)O[C@@H]2[C@H](OCc2ccccc2)[C@H]1OCc1ccccc1. The van der Waals surface area contributed by atoms with Gasteiger partial charge in [0, 0.05) is 5.56 Å². The first kappa shape index (κ1) is 21.8. The molecule has 3 aromatic rings. The van der Waals surface area contributed by atoms with Crippen LogP contribution in [0.15, 0.2) is 91.0 Å². The fraction of sp³-hybridized carbons (Fsp3) is 0.296. The molecule has 33 heavy (non-hydrogen) atoms. The van der Waals surface area contributed by atoms with E-state index in [-0.39, 0.29) is 13.2 Å². The molecule has 2 aliphatic rings. The molecule has 3 aromatic carbocycles. The second-order valence-electron chi connectivity index (χ2n) is 8.13. The Hall–Kier alpha value is -3.03. The summed E-state index contributed by atoms with van der Waals surface area (Å²) < 4.78 is 30.2. The molecular formula is C27H26O6. The number of fused-ring (bicyclic) bond motifs is 1. The third kappa shape index (κ3) is 5.15. The van der Waals surface area contributed by atoms with Crippen LogP contribution in [0.1, 0.15) is 23.0 Å². The van der Waals surface area contributed by atoms with Gasteiger partial charge in [0.15, 0.2) is 18.5 Å². The Morgan fingerprint density at radius 3 is 1.97 bits per heavy atom. The van der Waals surface area contributed by atoms with Gasteiger partial charge in [0.1, 0.15) is 12.2 Å². The highest BCUT2D eigenvalue weighted by atomic mass is 16.7. The van der Waals surface area contributed by atoms with E-state index >= 15 is 0 Å². The maximum absolute atomic E-state index is 12.9. The predicted octanol–water partition coefficient (Wildman–Crippen LogP) is 4.20. The van der Waals surface area contributed by atoms with Gasteiger partial charge in [0.2, 0.25) is 0 Å². The van der Waals surface area contributed by atoms with Gasteiger partial charge in [-0.15, -0.1) is 0 Å². The summed E-state index contributed by atoms with van der Waals surface area (Å²) in [4.78, 5) is 12.9. The van der Waals surface area contributed by atoms with Crippen LogP contribution >= 0.6 is 0 Å². The van der Waals surface area contributed by atoms with E-state index < -0.39 is 36.7 Å². The lowest BCUT2D eigenvalue weighted by Crippen LogP contribution is -2.61. The minimum atomic E-state index is -0.912. The Balaban J connectivity index is 1.37. The van der Waals surface area contributed by atoms with Crippen molar-refractivity contribution in [2.45, 2.75) is 43.9 Å². The average molecular weight is 446 g/mol. The van der Waals surface area contributed by atoms with Crippen LogP contribution in [0, 0.1) is 0 Å². The monoisotopic (exact) mass is 446 g/mol. The number of carbonyl (C=O) groups is 1. The van der Waals surface area contributed by atoms with Crippen LogP contribution < -0.4 is 0 Å². The van der Waals surface area contributed by atoms with Crippen LogP contribution in [0.4, 0.5) is 0 Å². The van der Waals surface area contributed by atoms with E-state index in [0.717, 1.165) is 16.7 Å². The number of carbonyl (C=O) groups excluding carboxylic acids is 1. The lowest BCUT2D eigenvalue weighted by atomic mass is 9.97. The largest absolute Gasteiger partial charge is 0.455 e. The first-order chi connectivity index (χ1) is 16.3. The molecule has 0 aromatic heterocycles. The van der Waals surface area contributed by atoms with Gasteiger partial charge in [-0.2, -0.15) is 0 Å². The Labute approximate surface area is 193 Å². The molecule has 170 valence electrons. The first-order valence-corrected chi connectivity index (χ1v) is 11.1. The molecule has 0 N–H and O–H groups in total. The molecule has 2 saturated heterocycles. The highest BCUT2D eigenvalue weighted by Gasteiger charge is 2.51. The van der Waals surface area contributed by atoms with Crippen LogP contribution in [0.5, 0.6) is 0 Å². The normalized spacial score (nSPS) is 26.9. The first-order valence-electron chi connectivity index (χ1n) is 11.1. The summed E-state index contributed by atoms with van der Waals surface area (Å²) in [6.45, 7) is 0.821. The smallest absolute Gasteiger partial charge is 0.338 e. The lowest BCUT2D eigenvalue weighted by molar-refractivity contribution is -0.311. The lowest BCUT2D eigenvalue weighted by Gasteiger charge is -2.45. The summed E-state index contributed by atoms with van der Waals surface area (Å²) in [6.07, 6.45) is -3.21. The third-order valence-electron chi connectivity index (χ3n) is 5.81. The van der Waals surface area contributed by atoms with Crippen LogP contribution in [-0.4, -0.2) is 37.0 Å². The van der Waals surface area contributed by atoms with Gasteiger partial charge in [-0.05, 0) is 11.1 Å². The Kier molecular flexibility index (Phi) is 6.79. The molecule has 2 heterocycles. The summed E-state index contributed by atoms with van der Waals surface area (Å²) in [7, 11) is 0. The number of ether oxygens (including phenoxy) is 5.